The Balaban J connectivity index is 2.12. The number of rotatable bonds is 7. The molecule has 24 heavy (non-hydrogen) atoms. The quantitative estimate of drug-likeness (QED) is 0.502. The van der Waals surface area contributed by atoms with Crippen LogP contribution in [0.2, 0.25) is 0 Å². The number of hydrogen-bond donors (Lipinski definition) is 3. The van der Waals surface area contributed by atoms with Crippen LogP contribution in [-0.2, 0) is 25.1 Å². The fraction of sp³-hybridized carbons (Fsp3) is 0.643. The van der Waals surface area contributed by atoms with Gasteiger partial charge in [-0.05, 0) is 25.8 Å². The number of carbonyl (C=O) groups is 3. The number of aliphatic hydroxyl groups is 1. The van der Waals surface area contributed by atoms with Crippen molar-refractivity contribution < 1.29 is 33.5 Å². The molecule has 2 amide bonds. The fourth-order valence-corrected chi connectivity index (χ4v) is 4.18. The number of nitrogens with two attached hydrogens (primary N) is 1. The summed E-state index contributed by atoms with van der Waals surface area (Å²) >= 11 is 0. The topological polar surface area (TPSA) is 147 Å². The summed E-state index contributed by atoms with van der Waals surface area (Å²) in [6.07, 6.45) is -1.58. The van der Waals surface area contributed by atoms with Gasteiger partial charge in [0.2, 0.25) is 5.91 Å². The third-order valence-electron chi connectivity index (χ3n) is 4.25. The lowest BCUT2D eigenvalue weighted by molar-refractivity contribution is -0.161. The van der Waals surface area contributed by atoms with Gasteiger partial charge in [0.15, 0.2) is 0 Å². The summed E-state index contributed by atoms with van der Waals surface area (Å²) in [7, 11) is -1.50. The summed E-state index contributed by atoms with van der Waals surface area (Å²) in [6.45, 7) is 2.94. The van der Waals surface area contributed by atoms with E-state index in [0.29, 0.717) is 5.57 Å². The molecule has 0 bridgehead atoms. The average molecular weight is 360 g/mol. The highest BCUT2D eigenvalue weighted by Crippen LogP contribution is 2.43. The predicted octanol–water partition coefficient (Wildman–Crippen LogP) is -0.831. The number of aliphatic hydroxyl groups excluding tert-OH is 1. The number of fused-ring (bicyclic) bond motifs is 1. The molecule has 2 rings (SSSR count). The Morgan fingerprint density at radius 2 is 2.08 bits per heavy atom. The average Bonchev–Trinajstić information content (AvgIpc) is 2.78. The number of amides is 2. The molecule has 0 spiro atoms. The number of carboxylic acid groups (broad SMARTS) is 1. The van der Waals surface area contributed by atoms with Gasteiger partial charge in [0.25, 0.3) is 0 Å². The van der Waals surface area contributed by atoms with E-state index in [1.165, 1.54) is 6.92 Å². The number of ether oxygens (including phenoxy) is 1. The molecule has 0 aliphatic carbocycles. The van der Waals surface area contributed by atoms with Crippen molar-refractivity contribution in [3.8, 4) is 0 Å². The molecular weight excluding hydrogens is 340 g/mol. The third kappa shape index (κ3) is 3.29. The highest BCUT2D eigenvalue weighted by Gasteiger charge is 2.56. The largest absolute Gasteiger partial charge is 0.477 e. The van der Waals surface area contributed by atoms with Crippen molar-refractivity contribution in [1.29, 1.82) is 0 Å². The summed E-state index contributed by atoms with van der Waals surface area (Å²) in [5.74, 6) is -2.38. The smallest absolute Gasteiger partial charge is 0.404 e. The lowest BCUT2D eigenvalue weighted by atomic mass is 9.83. The van der Waals surface area contributed by atoms with Crippen LogP contribution in [0.5, 0.6) is 0 Å². The van der Waals surface area contributed by atoms with E-state index in [0.717, 1.165) is 4.90 Å². The van der Waals surface area contributed by atoms with Crippen molar-refractivity contribution in [2.24, 2.45) is 11.7 Å². The van der Waals surface area contributed by atoms with E-state index in [9.17, 15) is 28.8 Å². The minimum Gasteiger partial charge on any atom is -0.477 e. The monoisotopic (exact) mass is 360 g/mol. The molecule has 10 heteroatoms. The Bertz CT molecular complexity index is 631. The molecule has 5 unspecified atom stereocenters. The van der Waals surface area contributed by atoms with Crippen LogP contribution in [-0.4, -0.2) is 67.0 Å². The fourth-order valence-electron chi connectivity index (χ4n) is 3.08. The first-order valence-electron chi connectivity index (χ1n) is 7.41. The molecule has 1 fully saturated rings. The van der Waals surface area contributed by atoms with E-state index < -0.39 is 52.1 Å². The van der Waals surface area contributed by atoms with Crippen LogP contribution in [0.1, 0.15) is 20.3 Å². The Labute approximate surface area is 140 Å². The van der Waals surface area contributed by atoms with Crippen molar-refractivity contribution in [3.05, 3.63) is 11.3 Å². The second kappa shape index (κ2) is 6.89. The molecule has 5 atom stereocenters. The van der Waals surface area contributed by atoms with Crippen LogP contribution in [0.3, 0.4) is 0 Å². The van der Waals surface area contributed by atoms with Crippen molar-refractivity contribution in [3.63, 3.8) is 0 Å². The minimum absolute atomic E-state index is 0.0439. The maximum absolute atomic E-state index is 12.3. The van der Waals surface area contributed by atoms with Crippen LogP contribution in [0.4, 0.5) is 4.79 Å². The van der Waals surface area contributed by atoms with Crippen LogP contribution in [0, 0.1) is 5.92 Å². The van der Waals surface area contributed by atoms with Crippen molar-refractivity contribution in [1.82, 2.24) is 4.90 Å². The predicted molar refractivity (Wildman–Crippen MR) is 83.1 cm³/mol. The number of nitrogens with zero attached hydrogens (tertiary/aromatic N) is 1. The van der Waals surface area contributed by atoms with Crippen LogP contribution in [0.25, 0.3) is 0 Å². The first-order chi connectivity index (χ1) is 11.1. The Kier molecular flexibility index (Phi) is 5.29. The van der Waals surface area contributed by atoms with Gasteiger partial charge in [-0.2, -0.15) is 0 Å². The van der Waals surface area contributed by atoms with E-state index in [4.69, 9.17) is 5.73 Å². The van der Waals surface area contributed by atoms with Gasteiger partial charge in [-0.3, -0.25) is 9.00 Å². The maximum atomic E-state index is 12.3. The summed E-state index contributed by atoms with van der Waals surface area (Å²) in [6, 6.07) is -0.409. The van der Waals surface area contributed by atoms with E-state index >= 15 is 0 Å². The summed E-state index contributed by atoms with van der Waals surface area (Å²) in [5, 5.41) is 18.5. The summed E-state index contributed by atoms with van der Waals surface area (Å²) in [5.41, 5.74) is 5.10. The number of carbonyl (C=O) groups excluding carboxylic acids is 2. The Morgan fingerprint density at radius 1 is 1.46 bits per heavy atom. The van der Waals surface area contributed by atoms with Gasteiger partial charge >= 0.3 is 12.1 Å². The second-order valence-corrected chi connectivity index (χ2v) is 7.82. The molecule has 0 saturated carbocycles. The molecule has 4 N–H and O–H groups in total. The first-order valence-corrected chi connectivity index (χ1v) is 8.79. The first kappa shape index (κ1) is 18.4. The number of hydrogen-bond acceptors (Lipinski definition) is 6. The molecule has 0 aromatic heterocycles. The number of carboxylic acids is 1. The summed E-state index contributed by atoms with van der Waals surface area (Å²) in [4.78, 5) is 35.3. The molecule has 2 aliphatic rings. The SMILES string of the molecule is CC(O)C1C(=O)N2C(C(=O)O)=C(CS(=O)C(C)COC(N)=O)CC12. The van der Waals surface area contributed by atoms with Crippen LogP contribution < -0.4 is 5.73 Å². The maximum Gasteiger partial charge on any atom is 0.404 e. The Morgan fingerprint density at radius 3 is 2.58 bits per heavy atom. The highest BCUT2D eigenvalue weighted by molar-refractivity contribution is 7.85. The zero-order chi connectivity index (χ0) is 18.2. The van der Waals surface area contributed by atoms with Gasteiger partial charge in [-0.15, -0.1) is 0 Å². The molecule has 2 aliphatic heterocycles. The summed E-state index contributed by atoms with van der Waals surface area (Å²) < 4.78 is 16.9. The number of primary amides is 1. The highest BCUT2D eigenvalue weighted by atomic mass is 32.2. The van der Waals surface area contributed by atoms with Crippen LogP contribution in [0.15, 0.2) is 11.3 Å². The molecule has 0 radical (unpaired) electrons. The molecular formula is C14H20N2O7S. The van der Waals surface area contributed by atoms with Gasteiger partial charge in [0.05, 0.1) is 23.3 Å². The molecule has 0 aromatic carbocycles. The lowest BCUT2D eigenvalue weighted by Gasteiger charge is -2.44. The van der Waals surface area contributed by atoms with E-state index in [1.807, 2.05) is 0 Å². The lowest BCUT2D eigenvalue weighted by Crippen LogP contribution is -2.61. The van der Waals surface area contributed by atoms with Crippen molar-refractivity contribution in [2.45, 2.75) is 37.7 Å². The van der Waals surface area contributed by atoms with Crippen molar-refractivity contribution >= 4 is 28.8 Å². The normalized spacial score (nSPS) is 26.5. The van der Waals surface area contributed by atoms with E-state index in [-0.39, 0.29) is 24.5 Å². The van der Waals surface area contributed by atoms with Gasteiger partial charge < -0.3 is 25.6 Å². The molecule has 1 saturated heterocycles. The van der Waals surface area contributed by atoms with Gasteiger partial charge in [0.1, 0.15) is 12.3 Å². The third-order valence-corrected chi connectivity index (χ3v) is 5.91. The zero-order valence-electron chi connectivity index (χ0n) is 13.3. The standard InChI is InChI=1S/C14H20N2O7S/c1-6(4-23-14(15)21)24(22)5-8-3-9-10(7(2)17)12(18)16(9)11(8)13(19)20/h6-7,9-10,17H,3-5H2,1-2H3,(H2,15,21)(H,19,20). The van der Waals surface area contributed by atoms with Gasteiger partial charge in [-0.1, -0.05) is 0 Å². The van der Waals surface area contributed by atoms with E-state index in [2.05, 4.69) is 4.74 Å². The molecule has 0 aromatic rings. The van der Waals surface area contributed by atoms with Gasteiger partial charge in [-0.25, -0.2) is 9.59 Å². The number of β-lactam (4-membered cyclic amide) rings is 1. The Hall–Kier alpha value is -1.94. The second-order valence-electron chi connectivity index (χ2n) is 5.97. The van der Waals surface area contributed by atoms with Crippen molar-refractivity contribution in [2.75, 3.05) is 12.4 Å². The van der Waals surface area contributed by atoms with Gasteiger partial charge in [0, 0.05) is 16.6 Å². The van der Waals surface area contributed by atoms with Crippen LogP contribution >= 0.6 is 0 Å². The number of aliphatic carboxylic acids is 1. The molecule has 134 valence electrons. The molecule has 9 nitrogen and oxygen atoms in total. The van der Waals surface area contributed by atoms with E-state index in [1.54, 1.807) is 6.92 Å². The zero-order valence-corrected chi connectivity index (χ0v) is 14.1. The minimum atomic E-state index is -1.50. The molecule has 2 heterocycles.